The fourth-order valence-electron chi connectivity index (χ4n) is 2.30. The van der Waals surface area contributed by atoms with Crippen molar-refractivity contribution in [2.75, 3.05) is 0 Å². The lowest BCUT2D eigenvalue weighted by Crippen LogP contribution is -2.01. The predicted octanol–water partition coefficient (Wildman–Crippen LogP) is 5.90. The molecule has 3 aromatic rings. The maximum Gasteiger partial charge on any atom is 0.178 e. The highest BCUT2D eigenvalue weighted by Gasteiger charge is 2.07. The van der Waals surface area contributed by atoms with Gasteiger partial charge in [0.25, 0.3) is 0 Å². The Morgan fingerprint density at radius 3 is 2.48 bits per heavy atom. The summed E-state index contributed by atoms with van der Waals surface area (Å²) in [6, 6.07) is 11.2. The largest absolute Gasteiger partial charge is 0.331 e. The molecule has 2 nitrogen and oxygen atoms in total. The molecule has 1 aromatic heterocycles. The molecule has 0 aliphatic rings. The van der Waals surface area contributed by atoms with Crippen LogP contribution in [0.4, 0.5) is 0 Å². The molecular weight excluding hydrogens is 347 g/mol. The van der Waals surface area contributed by atoms with E-state index in [1.54, 1.807) is 6.07 Å². The van der Waals surface area contributed by atoms with E-state index in [1.165, 1.54) is 0 Å². The van der Waals surface area contributed by atoms with Gasteiger partial charge in [0, 0.05) is 21.6 Å². The van der Waals surface area contributed by atoms with Crippen molar-refractivity contribution in [1.82, 2.24) is 9.55 Å². The SMILES string of the molecule is S=c1[nH]c2ccc(Cl)cc2n1CCc1ccc(Cl)cc1Cl. The molecule has 0 spiro atoms. The van der Waals surface area contributed by atoms with Gasteiger partial charge < -0.3 is 9.55 Å². The molecule has 21 heavy (non-hydrogen) atoms. The van der Waals surface area contributed by atoms with Crippen LogP contribution < -0.4 is 0 Å². The van der Waals surface area contributed by atoms with E-state index in [9.17, 15) is 0 Å². The molecule has 0 unspecified atom stereocenters. The maximum absolute atomic E-state index is 6.20. The van der Waals surface area contributed by atoms with Gasteiger partial charge in [-0.1, -0.05) is 40.9 Å². The number of aromatic amines is 1. The van der Waals surface area contributed by atoms with Crippen molar-refractivity contribution in [3.8, 4) is 0 Å². The quantitative estimate of drug-likeness (QED) is 0.579. The minimum Gasteiger partial charge on any atom is -0.331 e. The van der Waals surface area contributed by atoms with Crippen LogP contribution in [0.1, 0.15) is 5.56 Å². The Morgan fingerprint density at radius 2 is 1.71 bits per heavy atom. The van der Waals surface area contributed by atoms with Gasteiger partial charge in [-0.2, -0.15) is 0 Å². The zero-order valence-corrected chi connectivity index (χ0v) is 14.0. The molecule has 0 aliphatic heterocycles. The number of benzene rings is 2. The third-order valence-electron chi connectivity index (χ3n) is 3.36. The maximum atomic E-state index is 6.20. The van der Waals surface area contributed by atoms with E-state index in [1.807, 2.05) is 34.9 Å². The Bertz CT molecular complexity index is 867. The first-order chi connectivity index (χ1) is 10.0. The van der Waals surface area contributed by atoms with E-state index in [0.29, 0.717) is 19.8 Å². The molecule has 0 aliphatic carbocycles. The van der Waals surface area contributed by atoms with E-state index >= 15 is 0 Å². The Morgan fingerprint density at radius 1 is 1.00 bits per heavy atom. The van der Waals surface area contributed by atoms with Crippen molar-refractivity contribution >= 4 is 58.1 Å². The molecule has 3 rings (SSSR count). The lowest BCUT2D eigenvalue weighted by atomic mass is 10.1. The summed E-state index contributed by atoms with van der Waals surface area (Å²) in [4.78, 5) is 3.18. The van der Waals surface area contributed by atoms with Crippen LogP contribution in [0.3, 0.4) is 0 Å². The number of imidazole rings is 1. The molecular formula is C15H11Cl3N2S. The molecule has 0 fully saturated rings. The Labute approximate surface area is 142 Å². The van der Waals surface area contributed by atoms with E-state index in [4.69, 9.17) is 47.0 Å². The van der Waals surface area contributed by atoms with Crippen LogP contribution in [-0.4, -0.2) is 9.55 Å². The van der Waals surface area contributed by atoms with E-state index in [-0.39, 0.29) is 0 Å². The van der Waals surface area contributed by atoms with Gasteiger partial charge in [-0.25, -0.2) is 0 Å². The van der Waals surface area contributed by atoms with Crippen LogP contribution in [0, 0.1) is 4.77 Å². The van der Waals surface area contributed by atoms with Gasteiger partial charge in [0.2, 0.25) is 0 Å². The number of nitrogens with zero attached hydrogens (tertiary/aromatic N) is 1. The molecule has 0 atom stereocenters. The fraction of sp³-hybridized carbons (Fsp3) is 0.133. The predicted molar refractivity (Wildman–Crippen MR) is 92.3 cm³/mol. The summed E-state index contributed by atoms with van der Waals surface area (Å²) in [6.07, 6.45) is 0.768. The molecule has 6 heteroatoms. The molecule has 1 heterocycles. The molecule has 108 valence electrons. The van der Waals surface area contributed by atoms with Crippen LogP contribution in [0.15, 0.2) is 36.4 Å². The number of H-pyrrole nitrogens is 1. The molecule has 0 saturated heterocycles. The lowest BCUT2D eigenvalue weighted by molar-refractivity contribution is 0.706. The van der Waals surface area contributed by atoms with Gasteiger partial charge >= 0.3 is 0 Å². The standard InChI is InChI=1S/C15H11Cl3N2S/c16-10-2-1-9(12(18)7-10)5-6-20-14-8-11(17)3-4-13(14)19-15(20)21/h1-4,7-8H,5-6H2,(H,19,21). The van der Waals surface area contributed by atoms with Crippen LogP contribution >= 0.6 is 47.0 Å². The zero-order valence-electron chi connectivity index (χ0n) is 10.9. The number of rotatable bonds is 3. The smallest absolute Gasteiger partial charge is 0.178 e. The van der Waals surface area contributed by atoms with Crippen LogP contribution in [0.2, 0.25) is 15.1 Å². The monoisotopic (exact) mass is 356 g/mol. The number of hydrogen-bond donors (Lipinski definition) is 1. The zero-order chi connectivity index (χ0) is 15.0. The number of fused-ring (bicyclic) bond motifs is 1. The third kappa shape index (κ3) is 3.11. The van der Waals surface area contributed by atoms with E-state index in [2.05, 4.69) is 4.98 Å². The number of halogens is 3. The van der Waals surface area contributed by atoms with Gasteiger partial charge in [-0.05, 0) is 54.5 Å². The van der Waals surface area contributed by atoms with Crippen LogP contribution in [0.25, 0.3) is 11.0 Å². The Hall–Kier alpha value is -1.000. The van der Waals surface area contributed by atoms with E-state index < -0.39 is 0 Å². The molecule has 1 N–H and O–H groups in total. The summed E-state index contributed by atoms with van der Waals surface area (Å²) >= 11 is 23.6. The Balaban J connectivity index is 1.93. The van der Waals surface area contributed by atoms with Crippen molar-refractivity contribution < 1.29 is 0 Å². The average Bonchev–Trinajstić information content (AvgIpc) is 2.73. The van der Waals surface area contributed by atoms with Gasteiger partial charge in [0.1, 0.15) is 0 Å². The highest BCUT2D eigenvalue weighted by atomic mass is 35.5. The summed E-state index contributed by atoms with van der Waals surface area (Å²) in [5.74, 6) is 0. The topological polar surface area (TPSA) is 20.7 Å². The highest BCUT2D eigenvalue weighted by molar-refractivity contribution is 7.71. The molecule has 0 saturated carbocycles. The highest BCUT2D eigenvalue weighted by Crippen LogP contribution is 2.23. The number of hydrogen-bond acceptors (Lipinski definition) is 1. The summed E-state index contributed by atoms with van der Waals surface area (Å²) in [6.45, 7) is 0.723. The minimum atomic E-state index is 0.638. The summed E-state index contributed by atoms with van der Waals surface area (Å²) < 4.78 is 2.71. The summed E-state index contributed by atoms with van der Waals surface area (Å²) in [7, 11) is 0. The fourth-order valence-corrected chi connectivity index (χ4v) is 3.27. The summed E-state index contributed by atoms with van der Waals surface area (Å²) in [5.41, 5.74) is 3.02. The van der Waals surface area contributed by atoms with Gasteiger partial charge in [-0.3, -0.25) is 0 Å². The molecule has 2 aromatic carbocycles. The first-order valence-electron chi connectivity index (χ1n) is 6.36. The van der Waals surface area contributed by atoms with E-state index in [0.717, 1.165) is 29.6 Å². The molecule has 0 radical (unpaired) electrons. The van der Waals surface area contributed by atoms with Crippen LogP contribution in [-0.2, 0) is 13.0 Å². The second kappa shape index (κ2) is 6.01. The van der Waals surface area contributed by atoms with Crippen molar-refractivity contribution in [3.05, 3.63) is 61.8 Å². The third-order valence-corrected chi connectivity index (χ3v) is 4.50. The average molecular weight is 358 g/mol. The number of nitrogens with one attached hydrogen (secondary N) is 1. The summed E-state index contributed by atoms with van der Waals surface area (Å²) in [5, 5.41) is 2.00. The normalized spacial score (nSPS) is 11.2. The van der Waals surface area contributed by atoms with Crippen LogP contribution in [0.5, 0.6) is 0 Å². The molecule has 0 bridgehead atoms. The second-order valence-electron chi connectivity index (χ2n) is 4.73. The van der Waals surface area contributed by atoms with Gasteiger partial charge in [-0.15, -0.1) is 0 Å². The van der Waals surface area contributed by atoms with Gasteiger partial charge in [0.05, 0.1) is 11.0 Å². The Kier molecular flexibility index (Phi) is 4.27. The first-order valence-corrected chi connectivity index (χ1v) is 7.91. The van der Waals surface area contributed by atoms with Crippen molar-refractivity contribution in [3.63, 3.8) is 0 Å². The van der Waals surface area contributed by atoms with Gasteiger partial charge in [0.15, 0.2) is 4.77 Å². The number of aryl methyl sites for hydroxylation is 2. The van der Waals surface area contributed by atoms with Crippen molar-refractivity contribution in [1.29, 1.82) is 0 Å². The second-order valence-corrected chi connectivity index (χ2v) is 6.40. The number of aromatic nitrogens is 2. The minimum absolute atomic E-state index is 0.638. The first kappa shape index (κ1) is 14.9. The lowest BCUT2D eigenvalue weighted by Gasteiger charge is -2.07. The van der Waals surface area contributed by atoms with Crippen molar-refractivity contribution in [2.24, 2.45) is 0 Å². The van der Waals surface area contributed by atoms with Crippen molar-refractivity contribution in [2.45, 2.75) is 13.0 Å². The molecule has 0 amide bonds.